The second kappa shape index (κ2) is 6.17. The largest absolute Gasteiger partial charge is 0.391 e. The fourth-order valence-corrected chi connectivity index (χ4v) is 2.31. The van der Waals surface area contributed by atoms with Crippen LogP contribution in [0.25, 0.3) is 22.6 Å². The predicted molar refractivity (Wildman–Crippen MR) is 79.9 cm³/mol. The molecule has 0 aliphatic heterocycles. The molecule has 0 amide bonds. The Morgan fingerprint density at radius 1 is 1.17 bits per heavy atom. The quantitative estimate of drug-likeness (QED) is 0.581. The lowest BCUT2D eigenvalue weighted by Crippen LogP contribution is -1.93. The molecule has 8 heteroatoms. The van der Waals surface area contributed by atoms with E-state index in [2.05, 4.69) is 5.16 Å². The van der Waals surface area contributed by atoms with Gasteiger partial charge in [-0.3, -0.25) is 10.1 Å². The highest BCUT2D eigenvalue weighted by Crippen LogP contribution is 2.34. The molecule has 1 aromatic heterocycles. The van der Waals surface area contributed by atoms with Gasteiger partial charge < -0.3 is 9.63 Å². The summed E-state index contributed by atoms with van der Waals surface area (Å²) in [4.78, 5) is 10.1. The predicted octanol–water partition coefficient (Wildman–Crippen LogP) is 3.69. The molecule has 0 saturated heterocycles. The van der Waals surface area contributed by atoms with Crippen LogP contribution in [-0.4, -0.2) is 15.2 Å². The van der Waals surface area contributed by atoms with E-state index in [-0.39, 0.29) is 28.3 Å². The van der Waals surface area contributed by atoms with E-state index in [1.807, 2.05) is 0 Å². The third kappa shape index (κ3) is 2.74. The summed E-state index contributed by atoms with van der Waals surface area (Å²) >= 11 is 0. The van der Waals surface area contributed by atoms with E-state index in [1.165, 1.54) is 24.3 Å². The lowest BCUT2D eigenvalue weighted by Gasteiger charge is -2.03. The van der Waals surface area contributed by atoms with Gasteiger partial charge in [0.2, 0.25) is 0 Å². The van der Waals surface area contributed by atoms with Crippen LogP contribution in [0.2, 0.25) is 0 Å². The van der Waals surface area contributed by atoms with Gasteiger partial charge in [0.25, 0.3) is 5.69 Å². The first kappa shape index (κ1) is 15.8. The first-order chi connectivity index (χ1) is 11.5. The van der Waals surface area contributed by atoms with Gasteiger partial charge in [-0.2, -0.15) is 0 Å². The number of aliphatic hydroxyl groups excluding tert-OH is 1. The lowest BCUT2D eigenvalue weighted by atomic mass is 10.0. The highest BCUT2D eigenvalue weighted by Gasteiger charge is 2.21. The van der Waals surface area contributed by atoms with E-state index in [0.29, 0.717) is 5.56 Å². The minimum Gasteiger partial charge on any atom is -0.391 e. The molecule has 0 unspecified atom stereocenters. The van der Waals surface area contributed by atoms with Crippen LogP contribution in [0.15, 0.2) is 47.0 Å². The van der Waals surface area contributed by atoms with Gasteiger partial charge in [-0.1, -0.05) is 5.16 Å². The molecule has 24 heavy (non-hydrogen) atoms. The molecule has 0 bridgehead atoms. The molecule has 1 heterocycles. The Hall–Kier alpha value is -3.13. The number of rotatable bonds is 4. The van der Waals surface area contributed by atoms with Gasteiger partial charge in [-0.05, 0) is 30.3 Å². The highest BCUT2D eigenvalue weighted by molar-refractivity contribution is 5.73. The Kier molecular flexibility index (Phi) is 4.05. The van der Waals surface area contributed by atoms with Crippen molar-refractivity contribution in [3.8, 4) is 22.6 Å². The SMILES string of the molecule is O=[N+]([O-])c1ccc(-c2onc(-c3cc(F)ccc3F)c2CO)cc1. The van der Waals surface area contributed by atoms with Crippen molar-refractivity contribution in [2.24, 2.45) is 0 Å². The van der Waals surface area contributed by atoms with Crippen molar-refractivity contribution in [1.82, 2.24) is 5.16 Å². The Labute approximate surface area is 134 Å². The molecular weight excluding hydrogens is 322 g/mol. The van der Waals surface area contributed by atoms with Gasteiger partial charge >= 0.3 is 0 Å². The minimum absolute atomic E-state index is 0.0251. The van der Waals surface area contributed by atoms with Gasteiger partial charge in [0.05, 0.1) is 17.1 Å². The van der Waals surface area contributed by atoms with Crippen molar-refractivity contribution in [3.05, 3.63) is 69.8 Å². The molecule has 122 valence electrons. The standard InChI is InChI=1S/C16H10F2N2O4/c17-10-3-6-14(18)12(7-10)15-13(8-21)16(24-19-15)9-1-4-11(5-2-9)20(22)23/h1-7,21H,8H2. The third-order valence-corrected chi connectivity index (χ3v) is 3.47. The van der Waals surface area contributed by atoms with Crippen molar-refractivity contribution in [2.75, 3.05) is 0 Å². The van der Waals surface area contributed by atoms with Crippen LogP contribution in [0, 0.1) is 21.7 Å². The summed E-state index contributed by atoms with van der Waals surface area (Å²) < 4.78 is 32.4. The summed E-state index contributed by atoms with van der Waals surface area (Å²) in [5, 5.41) is 24.0. The monoisotopic (exact) mass is 332 g/mol. The maximum Gasteiger partial charge on any atom is 0.269 e. The van der Waals surface area contributed by atoms with Crippen LogP contribution < -0.4 is 0 Å². The maximum absolute atomic E-state index is 13.9. The molecule has 0 saturated carbocycles. The second-order valence-electron chi connectivity index (χ2n) is 4.93. The normalized spacial score (nSPS) is 10.8. The summed E-state index contributed by atoms with van der Waals surface area (Å²) in [7, 11) is 0. The molecule has 1 N–H and O–H groups in total. The van der Waals surface area contributed by atoms with E-state index in [0.717, 1.165) is 18.2 Å². The fraction of sp³-hybridized carbons (Fsp3) is 0.0625. The van der Waals surface area contributed by atoms with E-state index >= 15 is 0 Å². The van der Waals surface area contributed by atoms with Crippen LogP contribution >= 0.6 is 0 Å². The maximum atomic E-state index is 13.9. The highest BCUT2D eigenvalue weighted by atomic mass is 19.1. The van der Waals surface area contributed by atoms with Crippen molar-refractivity contribution in [3.63, 3.8) is 0 Å². The molecular formula is C16H10F2N2O4. The molecule has 6 nitrogen and oxygen atoms in total. The van der Waals surface area contributed by atoms with Crippen LogP contribution in [0.3, 0.4) is 0 Å². The molecule has 3 rings (SSSR count). The zero-order chi connectivity index (χ0) is 17.3. The molecule has 0 aliphatic rings. The van der Waals surface area contributed by atoms with Crippen molar-refractivity contribution in [2.45, 2.75) is 6.61 Å². The Morgan fingerprint density at radius 3 is 2.50 bits per heavy atom. The number of non-ortho nitro benzene ring substituents is 1. The average Bonchev–Trinajstić information content (AvgIpc) is 3.00. The Morgan fingerprint density at radius 2 is 1.88 bits per heavy atom. The van der Waals surface area contributed by atoms with Gasteiger partial charge in [0.15, 0.2) is 5.76 Å². The summed E-state index contributed by atoms with van der Waals surface area (Å²) in [6.45, 7) is -0.527. The van der Waals surface area contributed by atoms with Crippen molar-refractivity contribution < 1.29 is 23.3 Å². The minimum atomic E-state index is -0.713. The van der Waals surface area contributed by atoms with E-state index in [4.69, 9.17) is 4.52 Å². The summed E-state index contributed by atoms with van der Waals surface area (Å²) in [6, 6.07) is 8.24. The van der Waals surface area contributed by atoms with Crippen LogP contribution in [0.4, 0.5) is 14.5 Å². The molecule has 0 spiro atoms. The van der Waals surface area contributed by atoms with Crippen molar-refractivity contribution in [1.29, 1.82) is 0 Å². The fourth-order valence-electron chi connectivity index (χ4n) is 2.31. The summed E-state index contributed by atoms with van der Waals surface area (Å²) in [5.74, 6) is -1.24. The van der Waals surface area contributed by atoms with Gasteiger partial charge in [-0.25, -0.2) is 8.78 Å². The van der Waals surface area contributed by atoms with Crippen molar-refractivity contribution >= 4 is 5.69 Å². The molecule has 0 atom stereocenters. The number of hydrogen-bond donors (Lipinski definition) is 1. The lowest BCUT2D eigenvalue weighted by molar-refractivity contribution is -0.384. The number of aromatic nitrogens is 1. The average molecular weight is 332 g/mol. The van der Waals surface area contributed by atoms with E-state index in [1.54, 1.807) is 0 Å². The second-order valence-corrected chi connectivity index (χ2v) is 4.93. The summed E-state index contributed by atoms with van der Waals surface area (Å²) in [5.41, 5.74) is 0.299. The zero-order valence-corrected chi connectivity index (χ0v) is 12.1. The molecule has 0 aliphatic carbocycles. The van der Waals surface area contributed by atoms with E-state index in [9.17, 15) is 24.0 Å². The smallest absolute Gasteiger partial charge is 0.269 e. The van der Waals surface area contributed by atoms with Crippen LogP contribution in [0.5, 0.6) is 0 Å². The van der Waals surface area contributed by atoms with Gasteiger partial charge in [-0.15, -0.1) is 0 Å². The number of nitro benzene ring substituents is 1. The topological polar surface area (TPSA) is 89.4 Å². The number of aliphatic hydroxyl groups is 1. The van der Waals surface area contributed by atoms with Gasteiger partial charge in [0, 0.05) is 23.3 Å². The third-order valence-electron chi connectivity index (χ3n) is 3.47. The Bertz CT molecular complexity index is 907. The van der Waals surface area contributed by atoms with Gasteiger partial charge in [0.1, 0.15) is 17.3 Å². The number of benzene rings is 2. The summed E-state index contributed by atoms with van der Waals surface area (Å²) in [6.07, 6.45) is 0. The zero-order valence-electron chi connectivity index (χ0n) is 12.1. The molecule has 0 fully saturated rings. The van der Waals surface area contributed by atoms with Crippen LogP contribution in [0.1, 0.15) is 5.56 Å². The molecule has 0 radical (unpaired) electrons. The molecule has 3 aromatic rings. The Balaban J connectivity index is 2.10. The number of nitrogens with zero attached hydrogens (tertiary/aromatic N) is 2. The molecule has 2 aromatic carbocycles. The first-order valence-corrected chi connectivity index (χ1v) is 6.81. The van der Waals surface area contributed by atoms with Crippen LogP contribution in [-0.2, 0) is 6.61 Å². The number of hydrogen-bond acceptors (Lipinski definition) is 5. The first-order valence-electron chi connectivity index (χ1n) is 6.81. The number of halogens is 2. The van der Waals surface area contributed by atoms with E-state index < -0.39 is 23.2 Å². The number of nitro groups is 1.